The number of hydrogen-bond donors (Lipinski definition) is 0. The smallest absolute Gasteiger partial charge is 0.425 e. The average molecular weight is 389 g/mol. The van der Waals surface area contributed by atoms with Gasteiger partial charge in [-0.05, 0) is 59.7 Å². The van der Waals surface area contributed by atoms with Crippen molar-refractivity contribution in [2.45, 2.75) is 52.7 Å². The van der Waals surface area contributed by atoms with Crippen LogP contribution in [0, 0.1) is 10.1 Å². The van der Waals surface area contributed by atoms with Gasteiger partial charge in [0.05, 0.1) is 10.4 Å². The van der Waals surface area contributed by atoms with Crippen LogP contribution >= 0.6 is 0 Å². The van der Waals surface area contributed by atoms with Gasteiger partial charge in [-0.3, -0.25) is 10.1 Å². The number of carbonyl (C=O) groups is 2. The Morgan fingerprint density at radius 1 is 0.964 bits per heavy atom. The maximum absolute atomic E-state index is 12.6. The van der Waals surface area contributed by atoms with Gasteiger partial charge in [-0.2, -0.15) is 4.90 Å². The van der Waals surface area contributed by atoms with Crippen LogP contribution in [0.3, 0.4) is 0 Å². The van der Waals surface area contributed by atoms with Gasteiger partial charge in [-0.15, -0.1) is 0 Å². The third kappa shape index (κ3) is 5.38. The highest BCUT2D eigenvalue weighted by Crippen LogP contribution is 2.25. The number of imide groups is 1. The van der Waals surface area contributed by atoms with E-state index in [1.54, 1.807) is 41.5 Å². The summed E-state index contributed by atoms with van der Waals surface area (Å²) >= 11 is 0. The van der Waals surface area contributed by atoms with Crippen molar-refractivity contribution in [2.75, 3.05) is 4.90 Å². The molecule has 1 heterocycles. The number of rotatable bonds is 2. The lowest BCUT2D eigenvalue weighted by Gasteiger charge is -2.28. The van der Waals surface area contributed by atoms with Crippen LogP contribution < -0.4 is 4.90 Å². The van der Waals surface area contributed by atoms with E-state index in [4.69, 9.17) is 9.47 Å². The van der Waals surface area contributed by atoms with E-state index in [-0.39, 0.29) is 11.5 Å². The lowest BCUT2D eigenvalue weighted by Crippen LogP contribution is -2.44. The number of ether oxygens (including phenoxy) is 2. The topological polar surface area (TPSA) is 112 Å². The Morgan fingerprint density at radius 2 is 1.50 bits per heavy atom. The first-order chi connectivity index (χ1) is 12.8. The van der Waals surface area contributed by atoms with Gasteiger partial charge >= 0.3 is 12.2 Å². The zero-order valence-corrected chi connectivity index (χ0v) is 16.7. The van der Waals surface area contributed by atoms with Crippen molar-refractivity contribution >= 4 is 34.6 Å². The second kappa shape index (κ2) is 7.41. The summed E-state index contributed by atoms with van der Waals surface area (Å²) in [4.78, 5) is 40.7. The van der Waals surface area contributed by atoms with E-state index < -0.39 is 28.3 Å². The molecule has 1 aromatic carbocycles. The minimum Gasteiger partial charge on any atom is -0.443 e. The highest BCUT2D eigenvalue weighted by molar-refractivity contribution is 6.09. The second-order valence-corrected chi connectivity index (χ2v) is 8.10. The number of nitrogens with zero attached hydrogens (tertiary/aromatic N) is 3. The Kier molecular flexibility index (Phi) is 5.58. The molecule has 0 N–H and O–H groups in total. The van der Waals surface area contributed by atoms with Gasteiger partial charge < -0.3 is 9.47 Å². The van der Waals surface area contributed by atoms with Crippen molar-refractivity contribution < 1.29 is 24.0 Å². The lowest BCUT2D eigenvalue weighted by molar-refractivity contribution is -0.384. The SMILES string of the molecule is CC(C)(C)OC(=O)N(C(=O)OC(C)(C)C)c1ccc2cc([N+](=O)[O-])ccc2n1. The van der Waals surface area contributed by atoms with Gasteiger partial charge in [0.25, 0.3) is 5.69 Å². The number of carbonyl (C=O) groups excluding carboxylic acids is 2. The van der Waals surface area contributed by atoms with Gasteiger partial charge in [0, 0.05) is 17.5 Å². The maximum atomic E-state index is 12.6. The van der Waals surface area contributed by atoms with Crippen molar-refractivity contribution in [3.05, 3.63) is 40.4 Å². The van der Waals surface area contributed by atoms with Gasteiger partial charge in [0.15, 0.2) is 0 Å². The van der Waals surface area contributed by atoms with Gasteiger partial charge in [0.1, 0.15) is 17.0 Å². The van der Waals surface area contributed by atoms with E-state index in [9.17, 15) is 19.7 Å². The molecule has 0 spiro atoms. The lowest BCUT2D eigenvalue weighted by atomic mass is 10.2. The fraction of sp³-hybridized carbons (Fsp3) is 0.421. The first kappa shape index (κ1) is 21.1. The Balaban J connectivity index is 2.49. The highest BCUT2D eigenvalue weighted by Gasteiger charge is 2.33. The fourth-order valence-electron chi connectivity index (χ4n) is 2.22. The second-order valence-electron chi connectivity index (χ2n) is 8.10. The summed E-state index contributed by atoms with van der Waals surface area (Å²) in [5.74, 6) is -0.00940. The third-order valence-corrected chi connectivity index (χ3v) is 3.25. The molecule has 28 heavy (non-hydrogen) atoms. The molecule has 0 atom stereocenters. The number of aromatic nitrogens is 1. The first-order valence-corrected chi connectivity index (χ1v) is 8.58. The standard InChI is InChI=1S/C19H23N3O6/c1-18(2,3)27-16(23)21(17(24)28-19(4,5)6)15-10-7-12-11-13(22(25)26)8-9-14(12)20-15/h7-11H,1-6H3. The minimum atomic E-state index is -0.935. The third-order valence-electron chi connectivity index (χ3n) is 3.25. The quantitative estimate of drug-likeness (QED) is 0.534. The van der Waals surface area contributed by atoms with Gasteiger partial charge in [-0.25, -0.2) is 14.6 Å². The molecule has 0 fully saturated rings. The van der Waals surface area contributed by atoms with E-state index in [1.165, 1.54) is 30.3 Å². The van der Waals surface area contributed by atoms with E-state index in [1.807, 2.05) is 0 Å². The van der Waals surface area contributed by atoms with Crippen molar-refractivity contribution in [2.24, 2.45) is 0 Å². The molecular weight excluding hydrogens is 366 g/mol. The molecule has 2 rings (SSSR count). The van der Waals surface area contributed by atoms with Crippen LogP contribution in [0.25, 0.3) is 10.9 Å². The van der Waals surface area contributed by atoms with Gasteiger partial charge in [0.2, 0.25) is 0 Å². The van der Waals surface area contributed by atoms with Crippen LogP contribution in [0.2, 0.25) is 0 Å². The average Bonchev–Trinajstić information content (AvgIpc) is 2.50. The number of benzene rings is 1. The number of non-ortho nitro benzene ring substituents is 1. The van der Waals surface area contributed by atoms with Crippen LogP contribution in [0.5, 0.6) is 0 Å². The van der Waals surface area contributed by atoms with E-state index >= 15 is 0 Å². The molecule has 9 heteroatoms. The summed E-state index contributed by atoms with van der Waals surface area (Å²) in [5, 5.41) is 11.4. The molecular formula is C19H23N3O6. The van der Waals surface area contributed by atoms with Crippen molar-refractivity contribution in [3.63, 3.8) is 0 Å². The summed E-state index contributed by atoms with van der Waals surface area (Å²) < 4.78 is 10.6. The Bertz CT molecular complexity index is 899. The van der Waals surface area contributed by atoms with Crippen LogP contribution in [0.15, 0.2) is 30.3 Å². The summed E-state index contributed by atoms with van der Waals surface area (Å²) in [6, 6.07) is 7.04. The molecule has 150 valence electrons. The Labute approximate surface area is 162 Å². The first-order valence-electron chi connectivity index (χ1n) is 8.58. The number of hydrogen-bond acceptors (Lipinski definition) is 7. The minimum absolute atomic E-state index is 0.00940. The van der Waals surface area contributed by atoms with Crippen molar-refractivity contribution in [1.82, 2.24) is 4.98 Å². The van der Waals surface area contributed by atoms with Crippen LogP contribution in [-0.4, -0.2) is 33.3 Å². The summed E-state index contributed by atoms with van der Waals surface area (Å²) in [5.41, 5.74) is -1.39. The summed E-state index contributed by atoms with van der Waals surface area (Å²) in [6.07, 6.45) is -1.87. The molecule has 0 aliphatic heterocycles. The largest absolute Gasteiger partial charge is 0.443 e. The van der Waals surface area contributed by atoms with Gasteiger partial charge in [-0.1, -0.05) is 0 Å². The van der Waals surface area contributed by atoms with E-state index in [0.29, 0.717) is 15.8 Å². The van der Waals surface area contributed by atoms with E-state index in [0.717, 1.165) is 0 Å². The number of nitro groups is 1. The number of nitro benzene ring substituents is 1. The maximum Gasteiger partial charge on any atom is 0.425 e. The molecule has 0 saturated heterocycles. The molecule has 0 saturated carbocycles. The summed E-state index contributed by atoms with van der Waals surface area (Å²) in [7, 11) is 0. The zero-order chi connectivity index (χ0) is 21.3. The number of anilines is 1. The molecule has 0 unspecified atom stereocenters. The fourth-order valence-corrected chi connectivity index (χ4v) is 2.22. The van der Waals surface area contributed by atoms with Crippen LogP contribution in [0.4, 0.5) is 21.1 Å². The normalized spacial score (nSPS) is 11.8. The number of amides is 2. The van der Waals surface area contributed by atoms with Crippen molar-refractivity contribution in [1.29, 1.82) is 0 Å². The molecule has 2 amide bonds. The van der Waals surface area contributed by atoms with Crippen LogP contribution in [-0.2, 0) is 9.47 Å². The Hall–Kier alpha value is -3.23. The number of pyridine rings is 1. The van der Waals surface area contributed by atoms with Crippen molar-refractivity contribution in [3.8, 4) is 0 Å². The zero-order valence-electron chi connectivity index (χ0n) is 16.7. The van der Waals surface area contributed by atoms with E-state index in [2.05, 4.69) is 4.98 Å². The Morgan fingerprint density at radius 3 is 1.96 bits per heavy atom. The monoisotopic (exact) mass is 389 g/mol. The number of fused-ring (bicyclic) bond motifs is 1. The molecule has 0 bridgehead atoms. The summed E-state index contributed by atoms with van der Waals surface area (Å²) in [6.45, 7) is 10.0. The van der Waals surface area contributed by atoms with Crippen LogP contribution in [0.1, 0.15) is 41.5 Å². The highest BCUT2D eigenvalue weighted by atomic mass is 16.6. The molecule has 0 aliphatic carbocycles. The molecule has 1 aromatic heterocycles. The predicted octanol–water partition coefficient (Wildman–Crippen LogP) is 4.82. The predicted molar refractivity (Wildman–Crippen MR) is 103 cm³/mol. The molecule has 0 radical (unpaired) electrons. The molecule has 9 nitrogen and oxygen atoms in total. The molecule has 2 aromatic rings. The molecule has 0 aliphatic rings.